The molecule has 162 valence electrons. The molecule has 1 unspecified atom stereocenters. The predicted octanol–water partition coefficient (Wildman–Crippen LogP) is 5.59. The second-order valence-electron chi connectivity index (χ2n) is 8.10. The second-order valence-corrected chi connectivity index (χ2v) is 8.10. The van der Waals surface area contributed by atoms with Gasteiger partial charge in [0, 0.05) is 49.4 Å². The zero-order valence-corrected chi connectivity index (χ0v) is 19.3. The number of aromatic nitrogens is 4. The monoisotopic (exact) mass is 416 g/mol. The number of anilines is 2. The molecule has 4 aromatic rings. The Hall–Kier alpha value is -3.28. The highest BCUT2D eigenvalue weighted by molar-refractivity contribution is 5.98. The topological polar surface area (TPSA) is 59.7 Å². The van der Waals surface area contributed by atoms with Crippen molar-refractivity contribution in [3.05, 3.63) is 48.3 Å². The van der Waals surface area contributed by atoms with Crippen LogP contribution in [-0.4, -0.2) is 32.1 Å². The molecule has 2 N–H and O–H groups in total. The first-order valence-electron chi connectivity index (χ1n) is 11.1. The van der Waals surface area contributed by atoms with Gasteiger partial charge < -0.3 is 10.6 Å². The summed E-state index contributed by atoms with van der Waals surface area (Å²) in [6, 6.07) is 11.6. The quantitative estimate of drug-likeness (QED) is 0.447. The van der Waals surface area contributed by atoms with Crippen molar-refractivity contribution in [2.75, 3.05) is 17.2 Å². The van der Waals surface area contributed by atoms with Crippen LogP contribution in [0.25, 0.3) is 33.3 Å². The fourth-order valence-corrected chi connectivity index (χ4v) is 4.24. The lowest BCUT2D eigenvalue weighted by Gasteiger charge is -2.18. The fourth-order valence-electron chi connectivity index (χ4n) is 4.24. The van der Waals surface area contributed by atoms with Gasteiger partial charge in [-0.3, -0.25) is 9.36 Å². The number of hydrogen-bond acceptors (Lipinski definition) is 4. The molecule has 0 amide bonds. The summed E-state index contributed by atoms with van der Waals surface area (Å²) in [5, 5.41) is 17.6. The van der Waals surface area contributed by atoms with Crippen LogP contribution >= 0.6 is 0 Å². The van der Waals surface area contributed by atoms with Gasteiger partial charge >= 0.3 is 0 Å². The summed E-state index contributed by atoms with van der Waals surface area (Å²) < 4.78 is 3.76. The Morgan fingerprint density at radius 3 is 2.61 bits per heavy atom. The fraction of sp³-hybridized carbons (Fsp3) is 0.360. The van der Waals surface area contributed by atoms with Crippen LogP contribution in [0.2, 0.25) is 0 Å². The SMILES string of the molecule is CC.Cc1cc2c(c(-c3ccc4c(c3)c(-c3cnn(C)c3)nn4C)c1)NC(C)CCN2. The third-order valence-electron chi connectivity index (χ3n) is 5.71. The summed E-state index contributed by atoms with van der Waals surface area (Å²) in [5.74, 6) is 0. The van der Waals surface area contributed by atoms with Gasteiger partial charge in [-0.2, -0.15) is 10.2 Å². The van der Waals surface area contributed by atoms with Crippen LogP contribution < -0.4 is 10.6 Å². The molecule has 0 saturated heterocycles. The lowest BCUT2D eigenvalue weighted by atomic mass is 9.97. The number of nitrogens with one attached hydrogen (secondary N) is 2. The van der Waals surface area contributed by atoms with Crippen molar-refractivity contribution < 1.29 is 0 Å². The Labute approximate surface area is 184 Å². The van der Waals surface area contributed by atoms with Crippen LogP contribution in [0.15, 0.2) is 42.7 Å². The van der Waals surface area contributed by atoms with Gasteiger partial charge in [0.05, 0.1) is 23.1 Å². The van der Waals surface area contributed by atoms with Crippen molar-refractivity contribution >= 4 is 22.3 Å². The van der Waals surface area contributed by atoms with Crippen LogP contribution in [0.5, 0.6) is 0 Å². The maximum Gasteiger partial charge on any atom is 0.103 e. The zero-order chi connectivity index (χ0) is 22.1. The van der Waals surface area contributed by atoms with Gasteiger partial charge in [-0.15, -0.1) is 0 Å². The number of fused-ring (bicyclic) bond motifs is 2. The molecule has 2 aromatic heterocycles. The molecule has 5 rings (SSSR count). The molecule has 1 aliphatic rings. The highest BCUT2D eigenvalue weighted by Gasteiger charge is 2.19. The van der Waals surface area contributed by atoms with Crippen LogP contribution in [0.3, 0.4) is 0 Å². The highest BCUT2D eigenvalue weighted by Crippen LogP contribution is 2.39. The molecule has 2 aromatic carbocycles. The highest BCUT2D eigenvalue weighted by atomic mass is 15.3. The minimum atomic E-state index is 0.429. The standard InChI is InChI=1S/C23H26N6.C2H6/c1-14-9-18(23-20(10-14)24-8-7-15(2)26-23)16-5-6-21-19(11-16)22(27-29(21)4)17-12-25-28(3)13-17;1-2/h5-6,9-13,15,24,26H,7-8H2,1-4H3;1-2H3. The van der Waals surface area contributed by atoms with Crippen LogP contribution in [-0.2, 0) is 14.1 Å². The molecule has 0 bridgehead atoms. The van der Waals surface area contributed by atoms with E-state index in [9.17, 15) is 0 Å². The normalized spacial score (nSPS) is 15.4. The van der Waals surface area contributed by atoms with Crippen molar-refractivity contribution in [3.8, 4) is 22.4 Å². The first-order valence-corrected chi connectivity index (χ1v) is 11.1. The lowest BCUT2D eigenvalue weighted by Crippen LogP contribution is -2.15. The number of nitrogens with zero attached hydrogens (tertiary/aromatic N) is 4. The maximum atomic E-state index is 4.78. The van der Waals surface area contributed by atoms with E-state index < -0.39 is 0 Å². The van der Waals surface area contributed by atoms with Gasteiger partial charge in [0.15, 0.2) is 0 Å². The number of rotatable bonds is 2. The van der Waals surface area contributed by atoms with Crippen molar-refractivity contribution in [1.82, 2.24) is 19.6 Å². The van der Waals surface area contributed by atoms with E-state index in [2.05, 4.69) is 59.9 Å². The molecule has 6 nitrogen and oxygen atoms in total. The average Bonchev–Trinajstić information content (AvgIpc) is 3.27. The summed E-state index contributed by atoms with van der Waals surface area (Å²) in [6.07, 6.45) is 4.99. The van der Waals surface area contributed by atoms with E-state index in [-0.39, 0.29) is 0 Å². The first-order chi connectivity index (χ1) is 15.0. The third-order valence-corrected chi connectivity index (χ3v) is 5.71. The van der Waals surface area contributed by atoms with Gasteiger partial charge in [-0.25, -0.2) is 0 Å². The molecule has 6 heteroatoms. The summed E-state index contributed by atoms with van der Waals surface area (Å²) in [4.78, 5) is 0. The summed E-state index contributed by atoms with van der Waals surface area (Å²) >= 11 is 0. The number of aryl methyl sites for hydroxylation is 3. The zero-order valence-electron chi connectivity index (χ0n) is 19.3. The van der Waals surface area contributed by atoms with E-state index in [0.717, 1.165) is 35.1 Å². The van der Waals surface area contributed by atoms with Gasteiger partial charge in [-0.05, 0) is 55.7 Å². The Bertz CT molecular complexity index is 1220. The maximum absolute atomic E-state index is 4.78. The van der Waals surface area contributed by atoms with Crippen molar-refractivity contribution in [2.24, 2.45) is 14.1 Å². The number of benzene rings is 2. The Kier molecular flexibility index (Phi) is 5.72. The molecule has 1 atom stereocenters. The Morgan fingerprint density at radius 1 is 1.06 bits per heavy atom. The van der Waals surface area contributed by atoms with Crippen molar-refractivity contribution in [3.63, 3.8) is 0 Å². The average molecular weight is 417 g/mol. The summed E-state index contributed by atoms with van der Waals surface area (Å²) in [5.41, 5.74) is 9.16. The molecule has 0 aliphatic carbocycles. The van der Waals surface area contributed by atoms with E-state index in [0.29, 0.717) is 6.04 Å². The molecular weight excluding hydrogens is 384 g/mol. The van der Waals surface area contributed by atoms with E-state index in [1.807, 2.05) is 49.7 Å². The van der Waals surface area contributed by atoms with Crippen LogP contribution in [0.4, 0.5) is 11.4 Å². The first kappa shape index (κ1) is 21.0. The number of hydrogen-bond donors (Lipinski definition) is 2. The third kappa shape index (κ3) is 3.90. The van der Waals surface area contributed by atoms with Crippen LogP contribution in [0, 0.1) is 6.92 Å². The second kappa shape index (κ2) is 8.46. The molecule has 0 spiro atoms. The van der Waals surface area contributed by atoms with Gasteiger partial charge in [-0.1, -0.05) is 19.9 Å². The Balaban J connectivity index is 0.00000112. The molecule has 31 heavy (non-hydrogen) atoms. The van der Waals surface area contributed by atoms with Gasteiger partial charge in [0.2, 0.25) is 0 Å². The van der Waals surface area contributed by atoms with E-state index in [1.165, 1.54) is 28.1 Å². The minimum absolute atomic E-state index is 0.429. The largest absolute Gasteiger partial charge is 0.383 e. The molecule has 3 heterocycles. The lowest BCUT2D eigenvalue weighted by molar-refractivity contribution is 0.746. The van der Waals surface area contributed by atoms with Gasteiger partial charge in [0.1, 0.15) is 5.69 Å². The smallest absolute Gasteiger partial charge is 0.103 e. The van der Waals surface area contributed by atoms with E-state index >= 15 is 0 Å². The molecule has 0 radical (unpaired) electrons. The summed E-state index contributed by atoms with van der Waals surface area (Å²) in [6.45, 7) is 9.38. The molecule has 0 saturated carbocycles. The van der Waals surface area contributed by atoms with E-state index in [4.69, 9.17) is 5.10 Å². The van der Waals surface area contributed by atoms with Crippen molar-refractivity contribution in [1.29, 1.82) is 0 Å². The molecule has 1 aliphatic heterocycles. The van der Waals surface area contributed by atoms with Crippen LogP contribution in [0.1, 0.15) is 32.8 Å². The van der Waals surface area contributed by atoms with E-state index in [1.54, 1.807) is 0 Å². The molecular formula is C25H32N6. The molecule has 0 fully saturated rings. The van der Waals surface area contributed by atoms with Gasteiger partial charge in [0.25, 0.3) is 0 Å². The predicted molar refractivity (Wildman–Crippen MR) is 131 cm³/mol. The summed E-state index contributed by atoms with van der Waals surface area (Å²) in [7, 11) is 3.93. The van der Waals surface area contributed by atoms with Crippen molar-refractivity contribution in [2.45, 2.75) is 40.2 Å². The minimum Gasteiger partial charge on any atom is -0.383 e. The Morgan fingerprint density at radius 2 is 1.87 bits per heavy atom.